The van der Waals surface area contributed by atoms with E-state index in [1.54, 1.807) is 18.2 Å². The second-order valence-electron chi connectivity index (χ2n) is 4.02. The number of ketones is 1. The van der Waals surface area contributed by atoms with Gasteiger partial charge < -0.3 is 0 Å². The number of halogens is 1. The number of Topliss-reactive ketones (excluding diaryl/α,β-unsaturated/α-hetero) is 1. The van der Waals surface area contributed by atoms with E-state index in [-0.39, 0.29) is 5.75 Å². The third-order valence-electron chi connectivity index (χ3n) is 2.65. The standard InChI is InChI=1S/C12H15BrO3S/c1-4-17(15,16)12(3,13)11(14)10-7-5-6-9(2)8-10/h5-8H,4H2,1-3H3/t12-/m1/s1. The third-order valence-corrected chi connectivity index (χ3v) is 6.60. The van der Waals surface area contributed by atoms with Crippen LogP contribution in [-0.2, 0) is 9.84 Å². The Balaban J connectivity index is 3.23. The lowest BCUT2D eigenvalue weighted by molar-refractivity contribution is 0.0983. The summed E-state index contributed by atoms with van der Waals surface area (Å²) in [7, 11) is -3.49. The summed E-state index contributed by atoms with van der Waals surface area (Å²) in [5.74, 6) is -0.505. The van der Waals surface area contributed by atoms with E-state index in [0.29, 0.717) is 5.56 Å². The Kier molecular flexibility index (Phi) is 4.15. The second-order valence-corrected chi connectivity index (χ2v) is 8.75. The highest BCUT2D eigenvalue weighted by molar-refractivity contribution is 9.12. The molecular formula is C12H15BrO3S. The van der Waals surface area contributed by atoms with Gasteiger partial charge in [0.15, 0.2) is 19.3 Å². The maximum atomic E-state index is 12.2. The van der Waals surface area contributed by atoms with Crippen molar-refractivity contribution in [2.45, 2.75) is 24.4 Å². The number of carbonyl (C=O) groups excluding carboxylic acids is 1. The van der Waals surface area contributed by atoms with Gasteiger partial charge >= 0.3 is 0 Å². The van der Waals surface area contributed by atoms with Gasteiger partial charge in [0.25, 0.3) is 0 Å². The van der Waals surface area contributed by atoms with E-state index in [9.17, 15) is 13.2 Å². The predicted molar refractivity (Wildman–Crippen MR) is 72.3 cm³/mol. The fourth-order valence-corrected chi connectivity index (χ4v) is 3.31. The predicted octanol–water partition coefficient (Wildman–Crippen LogP) is 2.72. The van der Waals surface area contributed by atoms with Gasteiger partial charge in [-0.15, -0.1) is 0 Å². The van der Waals surface area contributed by atoms with Crippen molar-refractivity contribution >= 4 is 31.6 Å². The minimum Gasteiger partial charge on any atom is -0.291 e. The van der Waals surface area contributed by atoms with Crippen LogP contribution in [-0.4, -0.2) is 23.6 Å². The lowest BCUT2D eigenvalue weighted by Gasteiger charge is -2.20. The first-order valence-corrected chi connectivity index (χ1v) is 7.69. The van der Waals surface area contributed by atoms with Crippen LogP contribution >= 0.6 is 15.9 Å². The summed E-state index contributed by atoms with van der Waals surface area (Å²) < 4.78 is 22.2. The number of alkyl halides is 1. The first-order chi connectivity index (χ1) is 7.72. The molecule has 0 N–H and O–H groups in total. The van der Waals surface area contributed by atoms with E-state index in [1.807, 2.05) is 13.0 Å². The van der Waals surface area contributed by atoms with E-state index in [4.69, 9.17) is 0 Å². The molecule has 0 bridgehead atoms. The van der Waals surface area contributed by atoms with Gasteiger partial charge in [-0.2, -0.15) is 0 Å². The van der Waals surface area contributed by atoms with E-state index in [1.165, 1.54) is 13.8 Å². The van der Waals surface area contributed by atoms with Crippen molar-refractivity contribution in [1.82, 2.24) is 0 Å². The van der Waals surface area contributed by atoms with Crippen LogP contribution in [0.5, 0.6) is 0 Å². The van der Waals surface area contributed by atoms with Gasteiger partial charge in [0.05, 0.1) is 0 Å². The second kappa shape index (κ2) is 4.90. The number of aryl methyl sites for hydroxylation is 1. The normalized spacial score (nSPS) is 15.3. The number of benzene rings is 1. The Labute approximate surface area is 110 Å². The van der Waals surface area contributed by atoms with Crippen LogP contribution in [0.1, 0.15) is 29.8 Å². The van der Waals surface area contributed by atoms with E-state index in [2.05, 4.69) is 15.9 Å². The highest BCUT2D eigenvalue weighted by atomic mass is 79.9. The first kappa shape index (κ1) is 14.4. The summed E-state index contributed by atoms with van der Waals surface area (Å²) in [5.41, 5.74) is 1.33. The Bertz CT molecular complexity index is 532. The molecule has 0 aliphatic carbocycles. The number of rotatable bonds is 4. The maximum Gasteiger partial charge on any atom is 0.194 e. The molecule has 1 aromatic rings. The number of carbonyl (C=O) groups is 1. The van der Waals surface area contributed by atoms with Gasteiger partial charge in [-0.3, -0.25) is 4.79 Å². The molecule has 1 aromatic carbocycles. The van der Waals surface area contributed by atoms with Crippen LogP contribution in [0.3, 0.4) is 0 Å². The molecule has 0 unspecified atom stereocenters. The average Bonchev–Trinajstić information content (AvgIpc) is 2.27. The third kappa shape index (κ3) is 2.77. The molecule has 17 heavy (non-hydrogen) atoms. The zero-order chi connectivity index (χ0) is 13.3. The minimum absolute atomic E-state index is 0.0771. The summed E-state index contributed by atoms with van der Waals surface area (Å²) in [5, 5.41) is 0. The zero-order valence-corrected chi connectivity index (χ0v) is 12.4. The van der Waals surface area contributed by atoms with Crippen molar-refractivity contribution in [3.8, 4) is 0 Å². The molecule has 94 valence electrons. The molecule has 0 saturated heterocycles. The summed E-state index contributed by atoms with van der Waals surface area (Å²) in [6, 6.07) is 6.91. The van der Waals surface area contributed by atoms with Gasteiger partial charge in [-0.25, -0.2) is 8.42 Å². The van der Waals surface area contributed by atoms with Crippen molar-refractivity contribution in [3.05, 3.63) is 35.4 Å². The lowest BCUT2D eigenvalue weighted by atomic mass is 10.1. The molecule has 1 rings (SSSR count). The molecule has 0 saturated carbocycles. The van der Waals surface area contributed by atoms with Crippen molar-refractivity contribution in [2.75, 3.05) is 5.75 Å². The van der Waals surface area contributed by atoms with Crippen molar-refractivity contribution in [3.63, 3.8) is 0 Å². The number of hydrogen-bond donors (Lipinski definition) is 0. The van der Waals surface area contributed by atoms with Gasteiger partial charge in [0.1, 0.15) is 0 Å². The maximum absolute atomic E-state index is 12.2. The monoisotopic (exact) mass is 318 g/mol. The molecule has 0 fully saturated rings. The first-order valence-electron chi connectivity index (χ1n) is 5.25. The van der Waals surface area contributed by atoms with E-state index >= 15 is 0 Å². The van der Waals surface area contributed by atoms with Crippen LogP contribution in [0.25, 0.3) is 0 Å². The number of hydrogen-bond acceptors (Lipinski definition) is 3. The minimum atomic E-state index is -3.49. The topological polar surface area (TPSA) is 51.2 Å². The SMILES string of the molecule is CCS(=O)(=O)[C@@](C)(Br)C(=O)c1cccc(C)c1. The quantitative estimate of drug-likeness (QED) is 0.633. The van der Waals surface area contributed by atoms with Gasteiger partial charge in [-0.1, -0.05) is 46.6 Å². The Morgan fingerprint density at radius 3 is 2.47 bits per heavy atom. The summed E-state index contributed by atoms with van der Waals surface area (Å²) in [6.45, 7) is 4.77. The summed E-state index contributed by atoms with van der Waals surface area (Å²) in [6.07, 6.45) is 0. The molecule has 0 radical (unpaired) electrons. The molecule has 0 spiro atoms. The van der Waals surface area contributed by atoms with E-state index < -0.39 is 19.3 Å². The lowest BCUT2D eigenvalue weighted by Crippen LogP contribution is -2.38. The van der Waals surface area contributed by atoms with E-state index in [0.717, 1.165) is 5.56 Å². The Morgan fingerprint density at radius 2 is 2.00 bits per heavy atom. The van der Waals surface area contributed by atoms with Gasteiger partial charge in [-0.05, 0) is 19.9 Å². The fourth-order valence-electron chi connectivity index (χ4n) is 1.46. The molecular weight excluding hydrogens is 304 g/mol. The summed E-state index contributed by atoms with van der Waals surface area (Å²) >= 11 is 3.05. The molecule has 5 heteroatoms. The summed E-state index contributed by atoms with van der Waals surface area (Å²) in [4.78, 5) is 12.2. The largest absolute Gasteiger partial charge is 0.291 e. The fraction of sp³-hybridized carbons (Fsp3) is 0.417. The van der Waals surface area contributed by atoms with Gasteiger partial charge in [0, 0.05) is 11.3 Å². The van der Waals surface area contributed by atoms with Crippen LogP contribution in [0, 0.1) is 6.92 Å². The van der Waals surface area contributed by atoms with Crippen molar-refractivity contribution in [1.29, 1.82) is 0 Å². The molecule has 0 aromatic heterocycles. The molecule has 1 atom stereocenters. The highest BCUT2D eigenvalue weighted by Crippen LogP contribution is 2.30. The van der Waals surface area contributed by atoms with Crippen LogP contribution < -0.4 is 0 Å². The molecule has 0 amide bonds. The van der Waals surface area contributed by atoms with Crippen LogP contribution in [0.2, 0.25) is 0 Å². The van der Waals surface area contributed by atoms with Crippen LogP contribution in [0.15, 0.2) is 24.3 Å². The van der Waals surface area contributed by atoms with Crippen LogP contribution in [0.4, 0.5) is 0 Å². The number of sulfone groups is 1. The smallest absolute Gasteiger partial charge is 0.194 e. The Morgan fingerprint density at radius 1 is 1.41 bits per heavy atom. The highest BCUT2D eigenvalue weighted by Gasteiger charge is 2.42. The van der Waals surface area contributed by atoms with Crippen molar-refractivity contribution in [2.24, 2.45) is 0 Å². The van der Waals surface area contributed by atoms with Gasteiger partial charge in [0.2, 0.25) is 0 Å². The molecule has 0 aliphatic heterocycles. The Hall–Kier alpha value is -0.680. The molecule has 0 heterocycles. The molecule has 3 nitrogen and oxygen atoms in total. The zero-order valence-electron chi connectivity index (χ0n) is 10.0. The average molecular weight is 319 g/mol. The van der Waals surface area contributed by atoms with Crippen molar-refractivity contribution < 1.29 is 13.2 Å². The molecule has 0 aliphatic rings.